The zero-order chi connectivity index (χ0) is 14.5. The van der Waals surface area contributed by atoms with Crippen molar-refractivity contribution >= 4 is 0 Å². The van der Waals surface area contributed by atoms with Gasteiger partial charge in [0.2, 0.25) is 0 Å². The molecule has 1 atom stereocenters. The Morgan fingerprint density at radius 2 is 2.11 bits per heavy atom. The van der Waals surface area contributed by atoms with Gasteiger partial charge in [0, 0.05) is 18.2 Å². The molecule has 0 bridgehead atoms. The van der Waals surface area contributed by atoms with E-state index in [1.165, 1.54) is 18.2 Å². The Hall–Kier alpha value is -1.77. The van der Waals surface area contributed by atoms with Gasteiger partial charge in [0.25, 0.3) is 0 Å². The molecule has 0 amide bonds. The number of nitrogens with zero attached hydrogens (tertiary/aromatic N) is 1. The number of hydrogen-bond donors (Lipinski definition) is 3. The maximum atomic E-state index is 9.77. The number of nitrogens with one attached hydrogen (secondary N) is 1. The molecule has 0 aliphatic heterocycles. The van der Waals surface area contributed by atoms with Crippen molar-refractivity contribution in [1.82, 2.24) is 5.32 Å². The smallest absolute Gasteiger partial charge is 0.137 e. The minimum absolute atomic E-state index is 0.0128. The van der Waals surface area contributed by atoms with Crippen LogP contribution in [0.25, 0.3) is 0 Å². The summed E-state index contributed by atoms with van der Waals surface area (Å²) >= 11 is 0. The molecule has 1 aromatic rings. The van der Waals surface area contributed by atoms with Crippen LogP contribution in [-0.4, -0.2) is 35.0 Å². The third kappa shape index (κ3) is 5.60. The van der Waals surface area contributed by atoms with E-state index in [0.717, 1.165) is 0 Å². The first-order valence-electron chi connectivity index (χ1n) is 6.11. The van der Waals surface area contributed by atoms with Gasteiger partial charge in [0.05, 0.1) is 5.56 Å². The number of nitriles is 1. The van der Waals surface area contributed by atoms with Gasteiger partial charge in [-0.1, -0.05) is 0 Å². The number of phenols is 1. The topological polar surface area (TPSA) is 85.5 Å². The fraction of sp³-hybridized carbons (Fsp3) is 0.500. The monoisotopic (exact) mass is 264 g/mol. The van der Waals surface area contributed by atoms with Gasteiger partial charge in [-0.2, -0.15) is 5.26 Å². The summed E-state index contributed by atoms with van der Waals surface area (Å²) in [6, 6.07) is 6.21. The molecule has 1 rings (SSSR count). The molecule has 0 unspecified atom stereocenters. The number of ether oxygens (including phenoxy) is 1. The van der Waals surface area contributed by atoms with Crippen molar-refractivity contribution in [3.8, 4) is 17.6 Å². The third-order valence-electron chi connectivity index (χ3n) is 2.38. The number of β-amino-alcohol motifs (C(OH)–C–C–N with tert-alkyl or cyclic N) is 1. The number of rotatable bonds is 5. The lowest BCUT2D eigenvalue weighted by Crippen LogP contribution is -2.42. The van der Waals surface area contributed by atoms with Gasteiger partial charge >= 0.3 is 0 Å². The summed E-state index contributed by atoms with van der Waals surface area (Å²) in [5.41, 5.74) is 0.174. The van der Waals surface area contributed by atoms with Crippen LogP contribution in [0.4, 0.5) is 0 Å². The minimum atomic E-state index is -0.667. The molecule has 1 aromatic carbocycles. The van der Waals surface area contributed by atoms with E-state index < -0.39 is 6.10 Å². The number of hydrogen-bond acceptors (Lipinski definition) is 5. The van der Waals surface area contributed by atoms with E-state index >= 15 is 0 Å². The molecule has 5 heteroatoms. The molecule has 0 aliphatic carbocycles. The van der Waals surface area contributed by atoms with E-state index in [1.54, 1.807) is 0 Å². The summed E-state index contributed by atoms with van der Waals surface area (Å²) in [4.78, 5) is 0. The summed E-state index contributed by atoms with van der Waals surface area (Å²) in [5.74, 6) is 0.369. The van der Waals surface area contributed by atoms with Gasteiger partial charge in [-0.05, 0) is 32.9 Å². The van der Waals surface area contributed by atoms with Crippen LogP contribution in [0.3, 0.4) is 0 Å². The predicted octanol–water partition coefficient (Wildman–Crippen LogP) is 1.39. The zero-order valence-corrected chi connectivity index (χ0v) is 11.5. The fourth-order valence-electron chi connectivity index (χ4n) is 1.40. The van der Waals surface area contributed by atoms with Crippen molar-refractivity contribution in [1.29, 1.82) is 5.26 Å². The Morgan fingerprint density at radius 3 is 2.68 bits per heavy atom. The fourth-order valence-corrected chi connectivity index (χ4v) is 1.40. The van der Waals surface area contributed by atoms with Gasteiger partial charge in [0.1, 0.15) is 30.3 Å². The minimum Gasteiger partial charge on any atom is -0.508 e. The van der Waals surface area contributed by atoms with Crippen LogP contribution in [0, 0.1) is 11.3 Å². The van der Waals surface area contributed by atoms with Crippen LogP contribution in [0.1, 0.15) is 26.3 Å². The Balaban J connectivity index is 2.51. The number of phenolic OH excluding ortho intramolecular Hbond substituents is 1. The highest BCUT2D eigenvalue weighted by molar-refractivity contribution is 5.47. The second-order valence-corrected chi connectivity index (χ2v) is 5.39. The average molecular weight is 264 g/mol. The van der Waals surface area contributed by atoms with E-state index in [2.05, 4.69) is 5.32 Å². The lowest BCUT2D eigenvalue weighted by molar-refractivity contribution is 0.0999. The Morgan fingerprint density at radius 1 is 1.42 bits per heavy atom. The van der Waals surface area contributed by atoms with Crippen molar-refractivity contribution in [3.05, 3.63) is 23.8 Å². The second-order valence-electron chi connectivity index (χ2n) is 5.39. The number of aliphatic hydroxyl groups excluding tert-OH is 1. The normalized spacial score (nSPS) is 12.8. The maximum absolute atomic E-state index is 9.77. The molecule has 104 valence electrons. The van der Waals surface area contributed by atoms with Gasteiger partial charge < -0.3 is 20.3 Å². The Bertz CT molecular complexity index is 461. The largest absolute Gasteiger partial charge is 0.508 e. The SMILES string of the molecule is CC(C)(C)NC[C@H](O)COc1ccc(O)cc1C#N. The average Bonchev–Trinajstić information content (AvgIpc) is 2.33. The molecule has 3 N–H and O–H groups in total. The van der Waals surface area contributed by atoms with Gasteiger partial charge in [0.15, 0.2) is 0 Å². The molecule has 0 saturated heterocycles. The van der Waals surface area contributed by atoms with Crippen molar-refractivity contribution in [3.63, 3.8) is 0 Å². The van der Waals surface area contributed by atoms with Gasteiger partial charge in [-0.3, -0.25) is 0 Å². The highest BCUT2D eigenvalue weighted by Crippen LogP contribution is 2.22. The molecule has 0 aromatic heterocycles. The molecule has 0 spiro atoms. The van der Waals surface area contributed by atoms with Crippen LogP contribution in [0.15, 0.2) is 18.2 Å². The number of benzene rings is 1. The van der Waals surface area contributed by atoms with Crippen LogP contribution >= 0.6 is 0 Å². The lowest BCUT2D eigenvalue weighted by atomic mass is 10.1. The van der Waals surface area contributed by atoms with Crippen molar-refractivity contribution in [2.75, 3.05) is 13.2 Å². The molecule has 0 heterocycles. The van der Waals surface area contributed by atoms with E-state index in [9.17, 15) is 10.2 Å². The summed E-state index contributed by atoms with van der Waals surface area (Å²) in [6.07, 6.45) is -0.667. The first-order valence-corrected chi connectivity index (χ1v) is 6.11. The van der Waals surface area contributed by atoms with Crippen LogP contribution in [0.2, 0.25) is 0 Å². The predicted molar refractivity (Wildman–Crippen MR) is 72.1 cm³/mol. The maximum Gasteiger partial charge on any atom is 0.137 e. The molecular weight excluding hydrogens is 244 g/mol. The van der Waals surface area contributed by atoms with Crippen LogP contribution < -0.4 is 10.1 Å². The Labute approximate surface area is 113 Å². The van der Waals surface area contributed by atoms with E-state index in [1.807, 2.05) is 26.8 Å². The summed E-state index contributed by atoms with van der Waals surface area (Å²) < 4.78 is 5.39. The third-order valence-corrected chi connectivity index (χ3v) is 2.38. The van der Waals surface area contributed by atoms with Crippen molar-refractivity contribution < 1.29 is 14.9 Å². The van der Waals surface area contributed by atoms with Crippen LogP contribution in [-0.2, 0) is 0 Å². The molecule has 5 nitrogen and oxygen atoms in total. The number of aromatic hydroxyl groups is 1. The molecule has 19 heavy (non-hydrogen) atoms. The zero-order valence-electron chi connectivity index (χ0n) is 11.5. The summed E-state index contributed by atoms with van der Waals surface area (Å²) in [5, 5.41) is 31.1. The molecule has 0 radical (unpaired) electrons. The van der Waals surface area contributed by atoms with Gasteiger partial charge in [-0.25, -0.2) is 0 Å². The van der Waals surface area contributed by atoms with Gasteiger partial charge in [-0.15, -0.1) is 0 Å². The molecule has 0 fully saturated rings. The second kappa shape index (κ2) is 6.41. The number of aliphatic hydroxyl groups is 1. The Kier molecular flexibility index (Phi) is 5.16. The van der Waals surface area contributed by atoms with E-state index in [-0.39, 0.29) is 23.5 Å². The van der Waals surface area contributed by atoms with Crippen molar-refractivity contribution in [2.45, 2.75) is 32.4 Å². The lowest BCUT2D eigenvalue weighted by Gasteiger charge is -2.23. The standard InChI is InChI=1S/C14H20N2O3/c1-14(2,3)16-8-12(18)9-19-13-5-4-11(17)6-10(13)7-15/h4-6,12,16-18H,8-9H2,1-3H3/t12-/m0/s1. The van der Waals surface area contributed by atoms with E-state index in [4.69, 9.17) is 10.00 Å². The molecular formula is C14H20N2O3. The molecule has 0 saturated carbocycles. The van der Waals surface area contributed by atoms with Crippen molar-refractivity contribution in [2.24, 2.45) is 0 Å². The van der Waals surface area contributed by atoms with E-state index in [0.29, 0.717) is 12.3 Å². The highest BCUT2D eigenvalue weighted by atomic mass is 16.5. The molecule has 0 aliphatic rings. The quantitative estimate of drug-likeness (QED) is 0.748. The first-order chi connectivity index (χ1) is 8.81. The summed E-state index contributed by atoms with van der Waals surface area (Å²) in [6.45, 7) is 6.52. The van der Waals surface area contributed by atoms with Crippen LogP contribution in [0.5, 0.6) is 11.5 Å². The summed E-state index contributed by atoms with van der Waals surface area (Å²) in [7, 11) is 0. The highest BCUT2D eigenvalue weighted by Gasteiger charge is 2.13. The first kappa shape index (κ1) is 15.3.